The van der Waals surface area contributed by atoms with Gasteiger partial charge in [-0.2, -0.15) is 0 Å². The Balaban J connectivity index is 2.42. The van der Waals surface area contributed by atoms with Crippen molar-refractivity contribution >= 4 is 11.6 Å². The molecule has 0 spiro atoms. The number of hydrogen-bond donors (Lipinski definition) is 1. The van der Waals surface area contributed by atoms with Crippen LogP contribution in [-0.2, 0) is 6.42 Å². The molecule has 0 fully saturated rings. The predicted octanol–water partition coefficient (Wildman–Crippen LogP) is 2.37. The fraction of sp³-hybridized carbons (Fsp3) is 0.400. The lowest BCUT2D eigenvalue weighted by atomic mass is 10.0. The van der Waals surface area contributed by atoms with Crippen LogP contribution in [0.2, 0.25) is 5.02 Å². The molecule has 0 saturated heterocycles. The molecule has 0 bridgehead atoms. The van der Waals surface area contributed by atoms with Crippen molar-refractivity contribution in [3.05, 3.63) is 28.8 Å². The van der Waals surface area contributed by atoms with Gasteiger partial charge in [-0.25, -0.2) is 0 Å². The van der Waals surface area contributed by atoms with E-state index in [4.69, 9.17) is 16.3 Å². The lowest BCUT2D eigenvalue weighted by Gasteiger charge is -2.31. The summed E-state index contributed by atoms with van der Waals surface area (Å²) in [5.74, 6) is -0.346. The summed E-state index contributed by atoms with van der Waals surface area (Å²) in [6.45, 7) is 1.66. The lowest BCUT2D eigenvalue weighted by Crippen LogP contribution is -2.35. The molecule has 1 aliphatic heterocycles. The van der Waals surface area contributed by atoms with Crippen LogP contribution in [0.15, 0.2) is 18.2 Å². The summed E-state index contributed by atoms with van der Waals surface area (Å²) in [5, 5.41) is 10.4. The molecular weight excluding hydrogens is 188 g/mol. The van der Waals surface area contributed by atoms with E-state index in [9.17, 15) is 5.11 Å². The molecule has 0 aromatic heterocycles. The molecule has 1 atom stereocenters. The number of rotatable bonds is 0. The first-order valence-corrected chi connectivity index (χ1v) is 4.65. The summed E-state index contributed by atoms with van der Waals surface area (Å²) in [6, 6.07) is 5.49. The molecular formula is C10H11ClO2. The van der Waals surface area contributed by atoms with Crippen LogP contribution in [-0.4, -0.2) is 10.9 Å². The molecule has 1 aromatic rings. The molecule has 1 aromatic carbocycles. The van der Waals surface area contributed by atoms with E-state index in [0.29, 0.717) is 17.2 Å². The van der Waals surface area contributed by atoms with Gasteiger partial charge in [0.25, 0.3) is 0 Å². The third-order valence-corrected chi connectivity index (χ3v) is 2.60. The minimum absolute atomic E-state index is 0.587. The second-order valence-electron chi connectivity index (χ2n) is 3.49. The number of halogens is 1. The lowest BCUT2D eigenvalue weighted by molar-refractivity contribution is -0.133. The van der Waals surface area contributed by atoms with Gasteiger partial charge in [0.05, 0.1) is 0 Å². The molecule has 13 heavy (non-hydrogen) atoms. The Morgan fingerprint density at radius 2 is 2.31 bits per heavy atom. The molecule has 0 radical (unpaired) electrons. The van der Waals surface area contributed by atoms with Gasteiger partial charge in [0.15, 0.2) is 0 Å². The van der Waals surface area contributed by atoms with Crippen LogP contribution < -0.4 is 4.74 Å². The average Bonchev–Trinajstić information content (AvgIpc) is 2.02. The minimum atomic E-state index is -1.04. The molecule has 0 saturated carbocycles. The molecule has 2 rings (SSSR count). The van der Waals surface area contributed by atoms with E-state index in [2.05, 4.69) is 0 Å². The molecule has 0 amide bonds. The van der Waals surface area contributed by atoms with Crippen LogP contribution in [0, 0.1) is 0 Å². The standard InChI is InChI=1S/C10H11ClO2/c1-10(12)6-5-7-8(11)3-2-4-9(7)13-10/h2-4,12H,5-6H2,1H3. The highest BCUT2D eigenvalue weighted by molar-refractivity contribution is 6.31. The fourth-order valence-electron chi connectivity index (χ4n) is 1.52. The van der Waals surface area contributed by atoms with Crippen LogP contribution in [0.5, 0.6) is 5.75 Å². The van der Waals surface area contributed by atoms with Gasteiger partial charge in [0.1, 0.15) is 5.75 Å². The van der Waals surface area contributed by atoms with E-state index in [1.54, 1.807) is 6.92 Å². The van der Waals surface area contributed by atoms with Gasteiger partial charge in [0.2, 0.25) is 5.79 Å². The first-order valence-electron chi connectivity index (χ1n) is 4.27. The summed E-state index contributed by atoms with van der Waals surface area (Å²) in [6.07, 6.45) is 1.35. The Labute approximate surface area is 82.1 Å². The van der Waals surface area contributed by atoms with E-state index in [0.717, 1.165) is 12.0 Å². The topological polar surface area (TPSA) is 29.5 Å². The SMILES string of the molecule is CC1(O)CCc2c(Cl)cccc2O1. The first-order chi connectivity index (χ1) is 6.08. The Bertz CT molecular complexity index is 334. The van der Waals surface area contributed by atoms with Crippen molar-refractivity contribution in [1.82, 2.24) is 0 Å². The van der Waals surface area contributed by atoms with Gasteiger partial charge in [0, 0.05) is 23.9 Å². The van der Waals surface area contributed by atoms with Gasteiger partial charge in [-0.1, -0.05) is 17.7 Å². The zero-order valence-electron chi connectivity index (χ0n) is 7.38. The van der Waals surface area contributed by atoms with Gasteiger partial charge in [-0.15, -0.1) is 0 Å². The van der Waals surface area contributed by atoms with Crippen molar-refractivity contribution in [2.75, 3.05) is 0 Å². The summed E-state index contributed by atoms with van der Waals surface area (Å²) >= 11 is 5.97. The summed E-state index contributed by atoms with van der Waals surface area (Å²) < 4.78 is 5.37. The maximum absolute atomic E-state index is 9.65. The fourth-order valence-corrected chi connectivity index (χ4v) is 1.78. The number of benzene rings is 1. The molecule has 3 heteroatoms. The smallest absolute Gasteiger partial charge is 0.205 e. The second-order valence-corrected chi connectivity index (χ2v) is 3.90. The Morgan fingerprint density at radius 3 is 3.08 bits per heavy atom. The van der Waals surface area contributed by atoms with E-state index in [1.807, 2.05) is 18.2 Å². The highest BCUT2D eigenvalue weighted by atomic mass is 35.5. The second kappa shape index (κ2) is 2.89. The number of hydrogen-bond acceptors (Lipinski definition) is 2. The van der Waals surface area contributed by atoms with E-state index in [-0.39, 0.29) is 0 Å². The Morgan fingerprint density at radius 1 is 1.54 bits per heavy atom. The van der Waals surface area contributed by atoms with Gasteiger partial charge < -0.3 is 9.84 Å². The zero-order chi connectivity index (χ0) is 9.47. The minimum Gasteiger partial charge on any atom is -0.463 e. The Hall–Kier alpha value is -0.730. The third kappa shape index (κ3) is 1.64. The normalized spacial score (nSPS) is 26.4. The number of fused-ring (bicyclic) bond motifs is 1. The molecule has 2 nitrogen and oxygen atoms in total. The highest BCUT2D eigenvalue weighted by Gasteiger charge is 2.29. The van der Waals surface area contributed by atoms with Gasteiger partial charge in [-0.05, 0) is 18.6 Å². The summed E-state index contributed by atoms with van der Waals surface area (Å²) in [4.78, 5) is 0. The molecule has 1 N–H and O–H groups in total. The monoisotopic (exact) mass is 198 g/mol. The molecule has 1 heterocycles. The van der Waals surface area contributed by atoms with Gasteiger partial charge >= 0.3 is 0 Å². The maximum atomic E-state index is 9.65. The zero-order valence-corrected chi connectivity index (χ0v) is 8.14. The number of ether oxygens (including phenoxy) is 1. The largest absolute Gasteiger partial charge is 0.463 e. The highest BCUT2D eigenvalue weighted by Crippen LogP contribution is 2.35. The molecule has 1 aliphatic rings. The van der Waals surface area contributed by atoms with E-state index in [1.165, 1.54) is 0 Å². The van der Waals surface area contributed by atoms with Crippen LogP contribution in [0.3, 0.4) is 0 Å². The molecule has 70 valence electrons. The maximum Gasteiger partial charge on any atom is 0.205 e. The summed E-state index contributed by atoms with van der Waals surface area (Å²) in [5.41, 5.74) is 0.996. The van der Waals surface area contributed by atoms with Crippen molar-refractivity contribution in [3.8, 4) is 5.75 Å². The molecule has 0 aliphatic carbocycles. The van der Waals surface area contributed by atoms with Crippen LogP contribution in [0.4, 0.5) is 0 Å². The van der Waals surface area contributed by atoms with Crippen molar-refractivity contribution in [3.63, 3.8) is 0 Å². The van der Waals surface area contributed by atoms with E-state index < -0.39 is 5.79 Å². The average molecular weight is 199 g/mol. The Kier molecular flexibility index (Phi) is 1.97. The van der Waals surface area contributed by atoms with Crippen LogP contribution in [0.1, 0.15) is 18.9 Å². The van der Waals surface area contributed by atoms with Crippen LogP contribution in [0.25, 0.3) is 0 Å². The van der Waals surface area contributed by atoms with E-state index >= 15 is 0 Å². The first kappa shape index (κ1) is 8.85. The quantitative estimate of drug-likeness (QED) is 0.694. The molecule has 1 unspecified atom stereocenters. The third-order valence-electron chi connectivity index (χ3n) is 2.24. The number of aliphatic hydroxyl groups is 1. The van der Waals surface area contributed by atoms with Gasteiger partial charge in [-0.3, -0.25) is 0 Å². The predicted molar refractivity (Wildman–Crippen MR) is 51.0 cm³/mol. The van der Waals surface area contributed by atoms with Crippen molar-refractivity contribution in [1.29, 1.82) is 0 Å². The van der Waals surface area contributed by atoms with Crippen LogP contribution >= 0.6 is 11.6 Å². The van der Waals surface area contributed by atoms with Crippen molar-refractivity contribution in [2.24, 2.45) is 0 Å². The van der Waals surface area contributed by atoms with Crippen molar-refractivity contribution in [2.45, 2.75) is 25.6 Å². The summed E-state index contributed by atoms with van der Waals surface area (Å²) in [7, 11) is 0. The van der Waals surface area contributed by atoms with Crippen molar-refractivity contribution < 1.29 is 9.84 Å².